The summed E-state index contributed by atoms with van der Waals surface area (Å²) in [5, 5.41) is 34.1. The molecule has 0 amide bonds. The third kappa shape index (κ3) is 5.18. The van der Waals surface area contributed by atoms with Gasteiger partial charge in [-0.05, 0) is 76.4 Å². The number of aryl methyl sites for hydroxylation is 1. The molecule has 2 aromatic carbocycles. The second-order valence-corrected chi connectivity index (χ2v) is 11.0. The van der Waals surface area contributed by atoms with Gasteiger partial charge in [0.25, 0.3) is 5.56 Å². The molecule has 6 rings (SSSR count). The van der Waals surface area contributed by atoms with Gasteiger partial charge in [0.05, 0.1) is 11.3 Å². The third-order valence-corrected chi connectivity index (χ3v) is 8.30. The van der Waals surface area contributed by atoms with Gasteiger partial charge in [-0.1, -0.05) is 5.16 Å². The Morgan fingerprint density at radius 1 is 1.10 bits per heavy atom. The van der Waals surface area contributed by atoms with Crippen molar-refractivity contribution in [2.45, 2.75) is 57.6 Å². The number of esters is 1. The van der Waals surface area contributed by atoms with Gasteiger partial charge in [0, 0.05) is 41.7 Å². The van der Waals surface area contributed by atoms with Crippen LogP contribution in [-0.4, -0.2) is 60.5 Å². The van der Waals surface area contributed by atoms with Crippen LogP contribution in [0.5, 0.6) is 17.2 Å². The van der Waals surface area contributed by atoms with Crippen molar-refractivity contribution in [2.24, 2.45) is 0 Å². The van der Waals surface area contributed by atoms with Crippen LogP contribution in [-0.2, 0) is 17.7 Å². The molecule has 0 aliphatic carbocycles. The molecule has 0 radical (unpaired) electrons. The van der Waals surface area contributed by atoms with Crippen LogP contribution < -0.4 is 5.56 Å². The smallest absolute Gasteiger partial charge is 0.339 e. The van der Waals surface area contributed by atoms with Crippen LogP contribution in [0.15, 0.2) is 39.6 Å². The van der Waals surface area contributed by atoms with Gasteiger partial charge in [-0.3, -0.25) is 9.36 Å². The average Bonchev–Trinajstić information content (AvgIpc) is 3.39. The Morgan fingerprint density at radius 3 is 2.57 bits per heavy atom. The van der Waals surface area contributed by atoms with E-state index in [1.54, 1.807) is 17.6 Å². The monoisotopic (exact) mass is 578 g/mol. The van der Waals surface area contributed by atoms with Crippen LogP contribution in [0.4, 0.5) is 4.39 Å². The summed E-state index contributed by atoms with van der Waals surface area (Å²) in [5.41, 5.74) is 2.27. The summed E-state index contributed by atoms with van der Waals surface area (Å²) in [6, 6.07) is 6.51. The number of benzene rings is 2. The van der Waals surface area contributed by atoms with Gasteiger partial charge in [0.15, 0.2) is 34.8 Å². The highest BCUT2D eigenvalue weighted by Crippen LogP contribution is 2.37. The molecule has 4 aromatic rings. The number of carbonyl (C=O) groups excluding carboxylic acids is 1. The molecular formula is C30H31FN4O7. The quantitative estimate of drug-likeness (QED) is 0.226. The summed E-state index contributed by atoms with van der Waals surface area (Å²) in [6.45, 7) is 4.61. The molecule has 4 heterocycles. The number of rotatable bonds is 6. The fourth-order valence-electron chi connectivity index (χ4n) is 5.99. The fourth-order valence-corrected chi connectivity index (χ4v) is 5.99. The molecule has 2 aliphatic heterocycles. The second-order valence-electron chi connectivity index (χ2n) is 11.0. The van der Waals surface area contributed by atoms with E-state index in [9.17, 15) is 29.3 Å². The average molecular weight is 579 g/mol. The number of fused-ring (bicyclic) bond motifs is 2. The van der Waals surface area contributed by atoms with Crippen molar-refractivity contribution in [1.29, 1.82) is 0 Å². The number of carbonyl (C=O) groups is 1. The lowest BCUT2D eigenvalue weighted by Crippen LogP contribution is -2.38. The fraction of sp³-hybridized carbons (Fsp3) is 0.400. The normalized spacial score (nSPS) is 17.8. The van der Waals surface area contributed by atoms with Crippen LogP contribution in [0.1, 0.15) is 70.8 Å². The SMILES string of the molecule is Cc1nc2n(c(=O)c1CCN1CCC(c3noc4cc(F)ccc34)CC1)CCCC2OC(=O)c1cc(O)c(O)c(O)c1. The molecule has 1 atom stereocenters. The second kappa shape index (κ2) is 11.1. The van der Waals surface area contributed by atoms with E-state index in [-0.39, 0.29) is 22.9 Å². The highest BCUT2D eigenvalue weighted by Gasteiger charge is 2.30. The number of likely N-dealkylation sites (tertiary alicyclic amines) is 1. The van der Waals surface area contributed by atoms with Gasteiger partial charge < -0.3 is 29.5 Å². The van der Waals surface area contributed by atoms with E-state index in [0.717, 1.165) is 49.1 Å². The number of hydrogen-bond donors (Lipinski definition) is 3. The Bertz CT molecular complexity index is 1700. The first kappa shape index (κ1) is 27.7. The van der Waals surface area contributed by atoms with Crippen LogP contribution in [0.25, 0.3) is 11.0 Å². The van der Waals surface area contributed by atoms with E-state index in [2.05, 4.69) is 15.0 Å². The molecule has 12 heteroatoms. The molecule has 2 aliphatic rings. The third-order valence-electron chi connectivity index (χ3n) is 8.30. The molecule has 220 valence electrons. The van der Waals surface area contributed by atoms with Crippen molar-refractivity contribution in [3.63, 3.8) is 0 Å². The minimum Gasteiger partial charge on any atom is -0.504 e. The maximum Gasteiger partial charge on any atom is 0.339 e. The molecule has 1 unspecified atom stereocenters. The van der Waals surface area contributed by atoms with E-state index in [1.165, 1.54) is 12.1 Å². The molecule has 1 fully saturated rings. The highest BCUT2D eigenvalue weighted by molar-refractivity contribution is 5.91. The molecule has 3 N–H and O–H groups in total. The van der Waals surface area contributed by atoms with Gasteiger partial charge in [-0.25, -0.2) is 14.2 Å². The summed E-state index contributed by atoms with van der Waals surface area (Å²) >= 11 is 0. The van der Waals surface area contributed by atoms with Crippen molar-refractivity contribution in [3.8, 4) is 17.2 Å². The summed E-state index contributed by atoms with van der Waals surface area (Å²) in [6.07, 6.45) is 2.60. The maximum absolute atomic E-state index is 13.5. The predicted molar refractivity (Wildman–Crippen MR) is 148 cm³/mol. The van der Waals surface area contributed by atoms with E-state index < -0.39 is 29.3 Å². The number of nitrogens with zero attached hydrogens (tertiary/aromatic N) is 4. The van der Waals surface area contributed by atoms with E-state index in [0.29, 0.717) is 55.0 Å². The zero-order chi connectivity index (χ0) is 29.5. The van der Waals surface area contributed by atoms with Crippen LogP contribution in [0, 0.1) is 12.7 Å². The molecule has 0 bridgehead atoms. The van der Waals surface area contributed by atoms with Gasteiger partial charge in [0.2, 0.25) is 0 Å². The summed E-state index contributed by atoms with van der Waals surface area (Å²) < 4.78 is 26.1. The van der Waals surface area contributed by atoms with Crippen LogP contribution in [0.2, 0.25) is 0 Å². The van der Waals surface area contributed by atoms with E-state index in [1.807, 2.05) is 0 Å². The van der Waals surface area contributed by atoms with Gasteiger partial charge in [-0.15, -0.1) is 0 Å². The Kier molecular flexibility index (Phi) is 7.31. The van der Waals surface area contributed by atoms with E-state index >= 15 is 0 Å². The summed E-state index contributed by atoms with van der Waals surface area (Å²) in [5.74, 6) is -2.59. The molecule has 1 saturated heterocycles. The predicted octanol–water partition coefficient (Wildman–Crippen LogP) is 4.06. The minimum absolute atomic E-state index is 0.134. The molecule has 2 aromatic heterocycles. The lowest BCUT2D eigenvalue weighted by molar-refractivity contribution is 0.0198. The van der Waals surface area contributed by atoms with Crippen LogP contribution in [0.3, 0.4) is 0 Å². The van der Waals surface area contributed by atoms with Gasteiger partial charge in [0.1, 0.15) is 5.82 Å². The summed E-state index contributed by atoms with van der Waals surface area (Å²) in [4.78, 5) is 33.3. The first-order valence-corrected chi connectivity index (χ1v) is 14.0. The molecule has 11 nitrogen and oxygen atoms in total. The number of halogens is 1. The number of piperidine rings is 1. The van der Waals surface area contributed by atoms with Gasteiger partial charge >= 0.3 is 5.97 Å². The zero-order valence-electron chi connectivity index (χ0n) is 23.0. The van der Waals surface area contributed by atoms with Gasteiger partial charge in [-0.2, -0.15) is 0 Å². The molecule has 0 spiro atoms. The topological polar surface area (TPSA) is 151 Å². The number of hydrogen-bond acceptors (Lipinski definition) is 10. The van der Waals surface area contributed by atoms with Crippen molar-refractivity contribution >= 4 is 16.9 Å². The number of ether oxygens (including phenoxy) is 1. The Hall–Kier alpha value is -4.45. The summed E-state index contributed by atoms with van der Waals surface area (Å²) in [7, 11) is 0. The standard InChI is InChI=1S/C30H31FN4O7/c1-16-20(8-12-34-10-6-17(7-11-34)26-21-5-4-19(31)15-25(21)42-33-26)29(39)35-9-2-3-24(28(35)32-16)41-30(40)18-13-22(36)27(38)23(37)14-18/h4-5,13-15,17,24,36-38H,2-3,6-12H2,1H3. The molecular weight excluding hydrogens is 547 g/mol. The van der Waals surface area contributed by atoms with Crippen molar-refractivity contribution in [2.75, 3.05) is 19.6 Å². The Balaban J connectivity index is 1.11. The lowest BCUT2D eigenvalue weighted by atomic mass is 9.91. The Labute approximate surface area is 239 Å². The zero-order valence-corrected chi connectivity index (χ0v) is 23.0. The number of phenols is 3. The number of aromatic hydroxyl groups is 3. The molecule has 42 heavy (non-hydrogen) atoms. The van der Waals surface area contributed by atoms with Crippen LogP contribution >= 0.6 is 0 Å². The van der Waals surface area contributed by atoms with Crippen molar-refractivity contribution in [3.05, 3.63) is 74.8 Å². The Morgan fingerprint density at radius 2 is 1.83 bits per heavy atom. The molecule has 0 saturated carbocycles. The largest absolute Gasteiger partial charge is 0.504 e. The lowest BCUT2D eigenvalue weighted by Gasteiger charge is -2.31. The maximum atomic E-state index is 13.5. The minimum atomic E-state index is -0.816. The van der Waals surface area contributed by atoms with E-state index in [4.69, 9.17) is 9.26 Å². The van der Waals surface area contributed by atoms with Crippen molar-refractivity contribution < 1.29 is 33.8 Å². The first-order chi connectivity index (χ1) is 20.2. The number of phenolic OH excluding ortho intramolecular Hbond substituents is 3. The number of aromatic nitrogens is 3. The first-order valence-electron chi connectivity index (χ1n) is 14.0. The highest BCUT2D eigenvalue weighted by atomic mass is 19.1. The van der Waals surface area contributed by atoms with Crippen molar-refractivity contribution in [1.82, 2.24) is 19.6 Å².